The first-order valence-electron chi connectivity index (χ1n) is 8.38. The number of nitrogens with zero attached hydrogens (tertiary/aromatic N) is 4. The molecule has 9 heteroatoms. The summed E-state index contributed by atoms with van der Waals surface area (Å²) in [6.45, 7) is 4.84. The average Bonchev–Trinajstić information content (AvgIpc) is 2.87. The van der Waals surface area contributed by atoms with E-state index >= 15 is 0 Å². The second kappa shape index (κ2) is 7.86. The molecule has 1 aliphatic rings. The first-order valence-corrected chi connectivity index (χ1v) is 9.82. The number of sulfonamides is 1. The SMILES string of the molecule is CCN(CC)C(=O)CN(C)C(=O)CN(C)C1=NS(=O)(=O)c2ccccc21. The fraction of sp³-hybridized carbons (Fsp3) is 0.471. The molecule has 0 N–H and O–H groups in total. The molecule has 26 heavy (non-hydrogen) atoms. The number of likely N-dealkylation sites (N-methyl/N-ethyl adjacent to an activating group) is 3. The second-order valence-corrected chi connectivity index (χ2v) is 7.63. The zero-order valence-electron chi connectivity index (χ0n) is 15.5. The van der Waals surface area contributed by atoms with Crippen molar-refractivity contribution in [3.63, 3.8) is 0 Å². The zero-order valence-corrected chi connectivity index (χ0v) is 16.3. The molecule has 0 bridgehead atoms. The molecule has 0 fully saturated rings. The van der Waals surface area contributed by atoms with Crippen LogP contribution in [0.5, 0.6) is 0 Å². The number of amides is 2. The number of benzene rings is 1. The van der Waals surface area contributed by atoms with Crippen LogP contribution < -0.4 is 0 Å². The van der Waals surface area contributed by atoms with E-state index in [9.17, 15) is 18.0 Å². The molecule has 1 aliphatic heterocycles. The molecule has 0 saturated heterocycles. The highest BCUT2D eigenvalue weighted by Gasteiger charge is 2.31. The second-order valence-electron chi connectivity index (χ2n) is 6.06. The third-order valence-corrected chi connectivity index (χ3v) is 5.59. The number of amidine groups is 1. The number of fused-ring (bicyclic) bond motifs is 1. The van der Waals surface area contributed by atoms with Gasteiger partial charge in [-0.15, -0.1) is 4.40 Å². The molecule has 1 aromatic carbocycles. The molecule has 1 heterocycles. The molecule has 1 aromatic rings. The molecule has 0 aromatic heterocycles. The Hall–Kier alpha value is -2.42. The average molecular weight is 380 g/mol. The molecule has 0 saturated carbocycles. The van der Waals surface area contributed by atoms with Gasteiger partial charge in [-0.25, -0.2) is 0 Å². The standard InChI is InChI=1S/C17H24N4O4S/c1-5-21(6-2)16(23)12-19(3)15(22)11-20(4)17-13-9-7-8-10-14(13)26(24,25)18-17/h7-10H,5-6,11-12H2,1-4H3. The van der Waals surface area contributed by atoms with Crippen molar-refractivity contribution in [3.05, 3.63) is 29.8 Å². The molecule has 0 radical (unpaired) electrons. The number of rotatable bonds is 6. The van der Waals surface area contributed by atoms with Crippen molar-refractivity contribution in [2.75, 3.05) is 40.3 Å². The summed E-state index contributed by atoms with van der Waals surface area (Å²) in [4.78, 5) is 29.2. The van der Waals surface area contributed by atoms with Crippen molar-refractivity contribution in [1.29, 1.82) is 0 Å². The minimum atomic E-state index is -3.73. The van der Waals surface area contributed by atoms with Gasteiger partial charge < -0.3 is 14.7 Å². The van der Waals surface area contributed by atoms with Gasteiger partial charge in [-0.3, -0.25) is 9.59 Å². The monoisotopic (exact) mass is 380 g/mol. The molecule has 142 valence electrons. The molecular formula is C17H24N4O4S. The summed E-state index contributed by atoms with van der Waals surface area (Å²) in [5.41, 5.74) is 0.477. The minimum Gasteiger partial charge on any atom is -0.349 e. The lowest BCUT2D eigenvalue weighted by Crippen LogP contribution is -2.44. The van der Waals surface area contributed by atoms with Crippen molar-refractivity contribution in [1.82, 2.24) is 14.7 Å². The van der Waals surface area contributed by atoms with E-state index in [1.54, 1.807) is 37.2 Å². The van der Waals surface area contributed by atoms with E-state index in [0.29, 0.717) is 18.7 Å². The lowest BCUT2D eigenvalue weighted by atomic mass is 10.2. The Balaban J connectivity index is 2.07. The Labute approximate surface area is 154 Å². The first-order chi connectivity index (χ1) is 12.2. The number of hydrogen-bond acceptors (Lipinski definition) is 5. The van der Waals surface area contributed by atoms with Gasteiger partial charge in [0.1, 0.15) is 4.90 Å². The molecule has 2 rings (SSSR count). The quantitative estimate of drug-likeness (QED) is 0.712. The number of carbonyl (C=O) groups is 2. The Morgan fingerprint density at radius 3 is 2.23 bits per heavy atom. The maximum absolute atomic E-state index is 12.4. The maximum atomic E-state index is 12.4. The fourth-order valence-electron chi connectivity index (χ4n) is 2.73. The van der Waals surface area contributed by atoms with E-state index in [1.807, 2.05) is 13.8 Å². The summed E-state index contributed by atoms with van der Waals surface area (Å²) < 4.78 is 28.0. The number of hydrogen-bond donors (Lipinski definition) is 0. The first kappa shape index (κ1) is 19.9. The Kier molecular flexibility index (Phi) is 6.01. The van der Waals surface area contributed by atoms with Crippen molar-refractivity contribution < 1.29 is 18.0 Å². The normalized spacial score (nSPS) is 14.4. The summed E-state index contributed by atoms with van der Waals surface area (Å²) in [5, 5.41) is 0. The molecule has 2 amide bonds. The molecular weight excluding hydrogens is 356 g/mol. The minimum absolute atomic E-state index is 0.0181. The van der Waals surface area contributed by atoms with Gasteiger partial charge in [-0.05, 0) is 26.0 Å². The Morgan fingerprint density at radius 2 is 1.62 bits per heavy atom. The lowest BCUT2D eigenvalue weighted by Gasteiger charge is -2.25. The molecule has 0 atom stereocenters. The largest absolute Gasteiger partial charge is 0.349 e. The van der Waals surface area contributed by atoms with Gasteiger partial charge in [0, 0.05) is 32.7 Å². The summed E-state index contributed by atoms with van der Waals surface area (Å²) in [7, 11) is -0.572. The summed E-state index contributed by atoms with van der Waals surface area (Å²) in [5.74, 6) is -0.186. The van der Waals surface area contributed by atoms with Crippen LogP contribution in [0.3, 0.4) is 0 Å². The van der Waals surface area contributed by atoms with Crippen LogP contribution in [0.4, 0.5) is 0 Å². The molecule has 0 spiro atoms. The van der Waals surface area contributed by atoms with Crippen LogP contribution in [-0.2, 0) is 19.6 Å². The number of carbonyl (C=O) groups excluding carboxylic acids is 2. The van der Waals surface area contributed by atoms with Gasteiger partial charge in [-0.2, -0.15) is 8.42 Å². The highest BCUT2D eigenvalue weighted by molar-refractivity contribution is 7.90. The molecule has 0 unspecified atom stereocenters. The van der Waals surface area contributed by atoms with Crippen molar-refractivity contribution in [2.24, 2.45) is 4.40 Å². The van der Waals surface area contributed by atoms with Gasteiger partial charge in [0.05, 0.1) is 13.1 Å². The van der Waals surface area contributed by atoms with E-state index in [2.05, 4.69) is 4.40 Å². The lowest BCUT2D eigenvalue weighted by molar-refractivity contribution is -0.139. The Bertz CT molecular complexity index is 831. The predicted octanol–water partition coefficient (Wildman–Crippen LogP) is 0.394. The van der Waals surface area contributed by atoms with Crippen LogP contribution in [-0.4, -0.2) is 81.0 Å². The van der Waals surface area contributed by atoms with Crippen LogP contribution in [0.1, 0.15) is 19.4 Å². The van der Waals surface area contributed by atoms with Crippen molar-refractivity contribution in [2.45, 2.75) is 18.7 Å². The third kappa shape index (κ3) is 4.04. The van der Waals surface area contributed by atoms with Crippen LogP contribution in [0, 0.1) is 0 Å². The van der Waals surface area contributed by atoms with E-state index < -0.39 is 10.0 Å². The van der Waals surface area contributed by atoms with Crippen LogP contribution >= 0.6 is 0 Å². The van der Waals surface area contributed by atoms with Gasteiger partial charge in [0.2, 0.25) is 11.8 Å². The third-order valence-electron chi connectivity index (χ3n) is 4.26. The molecule has 0 aliphatic carbocycles. The topological polar surface area (TPSA) is 90.4 Å². The predicted molar refractivity (Wildman–Crippen MR) is 98.4 cm³/mol. The van der Waals surface area contributed by atoms with Crippen LogP contribution in [0.25, 0.3) is 0 Å². The Morgan fingerprint density at radius 1 is 1.00 bits per heavy atom. The summed E-state index contributed by atoms with van der Waals surface area (Å²) in [6.07, 6.45) is 0. The summed E-state index contributed by atoms with van der Waals surface area (Å²) >= 11 is 0. The van der Waals surface area contributed by atoms with Crippen molar-refractivity contribution in [3.8, 4) is 0 Å². The van der Waals surface area contributed by atoms with Gasteiger partial charge in [0.15, 0.2) is 5.84 Å². The fourth-order valence-corrected chi connectivity index (χ4v) is 3.98. The van der Waals surface area contributed by atoms with Gasteiger partial charge >= 0.3 is 0 Å². The van der Waals surface area contributed by atoms with Gasteiger partial charge in [0.25, 0.3) is 10.0 Å². The highest BCUT2D eigenvalue weighted by Crippen LogP contribution is 2.26. The summed E-state index contributed by atoms with van der Waals surface area (Å²) in [6, 6.07) is 6.51. The van der Waals surface area contributed by atoms with E-state index in [4.69, 9.17) is 0 Å². The van der Waals surface area contributed by atoms with E-state index in [0.717, 1.165) is 0 Å². The maximum Gasteiger partial charge on any atom is 0.285 e. The van der Waals surface area contributed by atoms with Crippen molar-refractivity contribution >= 4 is 27.7 Å². The van der Waals surface area contributed by atoms with Crippen LogP contribution in [0.15, 0.2) is 33.6 Å². The zero-order chi connectivity index (χ0) is 19.5. The van der Waals surface area contributed by atoms with Crippen LogP contribution in [0.2, 0.25) is 0 Å². The highest BCUT2D eigenvalue weighted by atomic mass is 32.2. The van der Waals surface area contributed by atoms with E-state index in [1.165, 1.54) is 15.9 Å². The van der Waals surface area contributed by atoms with Gasteiger partial charge in [-0.1, -0.05) is 12.1 Å². The van der Waals surface area contributed by atoms with E-state index in [-0.39, 0.29) is 35.6 Å². The smallest absolute Gasteiger partial charge is 0.285 e. The molecule has 8 nitrogen and oxygen atoms in total.